The second-order valence-corrected chi connectivity index (χ2v) is 3.63. The fraction of sp³-hybridized carbons (Fsp3) is 0.727. The third-order valence-corrected chi connectivity index (χ3v) is 2.41. The van der Waals surface area contributed by atoms with E-state index in [4.69, 9.17) is 0 Å². The number of carbonyl (C=O) groups is 1. The SMILES string of the molecule is CCC(C)=C(C)CC(C)CC=O. The van der Waals surface area contributed by atoms with Crippen molar-refractivity contribution in [1.29, 1.82) is 0 Å². The average molecular weight is 168 g/mol. The molecule has 0 N–H and O–H groups in total. The molecule has 12 heavy (non-hydrogen) atoms. The summed E-state index contributed by atoms with van der Waals surface area (Å²) in [6.07, 6.45) is 3.89. The number of rotatable bonds is 5. The molecule has 0 aromatic carbocycles. The van der Waals surface area contributed by atoms with Crippen molar-refractivity contribution < 1.29 is 4.79 Å². The molecule has 0 amide bonds. The summed E-state index contributed by atoms with van der Waals surface area (Å²) >= 11 is 0. The molecule has 0 fully saturated rings. The van der Waals surface area contributed by atoms with Crippen LogP contribution in [0.3, 0.4) is 0 Å². The fourth-order valence-corrected chi connectivity index (χ4v) is 1.25. The molecule has 1 atom stereocenters. The molecule has 1 unspecified atom stereocenters. The summed E-state index contributed by atoms with van der Waals surface area (Å²) in [5, 5.41) is 0. The maximum atomic E-state index is 10.2. The third-order valence-electron chi connectivity index (χ3n) is 2.41. The van der Waals surface area contributed by atoms with Gasteiger partial charge in [0, 0.05) is 6.42 Å². The van der Waals surface area contributed by atoms with Gasteiger partial charge in [0.05, 0.1) is 0 Å². The summed E-state index contributed by atoms with van der Waals surface area (Å²) in [5.41, 5.74) is 2.92. The first kappa shape index (κ1) is 11.4. The Balaban J connectivity index is 3.98. The minimum atomic E-state index is 0.504. The molecule has 0 radical (unpaired) electrons. The number of aldehydes is 1. The van der Waals surface area contributed by atoms with Crippen LogP contribution in [0.15, 0.2) is 11.1 Å². The molecule has 1 nitrogen and oxygen atoms in total. The molecule has 0 aliphatic rings. The first-order valence-electron chi connectivity index (χ1n) is 4.70. The van der Waals surface area contributed by atoms with Crippen molar-refractivity contribution in [2.45, 2.75) is 47.0 Å². The van der Waals surface area contributed by atoms with Crippen LogP contribution in [-0.4, -0.2) is 6.29 Å². The highest BCUT2D eigenvalue weighted by Gasteiger charge is 2.03. The lowest BCUT2D eigenvalue weighted by Crippen LogP contribution is -1.97. The van der Waals surface area contributed by atoms with Crippen molar-refractivity contribution in [3.63, 3.8) is 0 Å². The van der Waals surface area contributed by atoms with E-state index in [1.165, 1.54) is 11.1 Å². The molecule has 0 saturated carbocycles. The first-order valence-corrected chi connectivity index (χ1v) is 4.70. The molecule has 70 valence electrons. The second kappa shape index (κ2) is 5.99. The summed E-state index contributed by atoms with van der Waals surface area (Å²) in [6, 6.07) is 0. The Kier molecular flexibility index (Phi) is 5.69. The van der Waals surface area contributed by atoms with Crippen LogP contribution in [-0.2, 0) is 4.79 Å². The van der Waals surface area contributed by atoms with Gasteiger partial charge in [-0.05, 0) is 32.6 Å². The van der Waals surface area contributed by atoms with Gasteiger partial charge in [-0.3, -0.25) is 0 Å². The topological polar surface area (TPSA) is 17.1 Å². The van der Waals surface area contributed by atoms with Crippen LogP contribution in [0.5, 0.6) is 0 Å². The van der Waals surface area contributed by atoms with Crippen LogP contribution in [0.1, 0.15) is 47.0 Å². The van der Waals surface area contributed by atoms with Gasteiger partial charge in [-0.2, -0.15) is 0 Å². The van der Waals surface area contributed by atoms with Crippen molar-refractivity contribution in [2.75, 3.05) is 0 Å². The number of hydrogen-bond donors (Lipinski definition) is 0. The molecule has 0 bridgehead atoms. The van der Waals surface area contributed by atoms with Gasteiger partial charge in [-0.1, -0.05) is 25.0 Å². The molecule has 1 heteroatoms. The van der Waals surface area contributed by atoms with E-state index in [0.717, 1.165) is 19.1 Å². The van der Waals surface area contributed by atoms with Crippen molar-refractivity contribution >= 4 is 6.29 Å². The van der Waals surface area contributed by atoms with Crippen LogP contribution in [0, 0.1) is 5.92 Å². The van der Waals surface area contributed by atoms with E-state index in [1.54, 1.807) is 0 Å². The zero-order chi connectivity index (χ0) is 9.56. The summed E-state index contributed by atoms with van der Waals surface area (Å²) < 4.78 is 0. The Morgan fingerprint density at radius 1 is 1.33 bits per heavy atom. The fourth-order valence-electron chi connectivity index (χ4n) is 1.25. The van der Waals surface area contributed by atoms with E-state index in [2.05, 4.69) is 27.7 Å². The molecular formula is C11H20O. The molecule has 0 heterocycles. The zero-order valence-corrected chi connectivity index (χ0v) is 8.68. The molecule has 0 aliphatic heterocycles. The molecule has 0 aromatic rings. The van der Waals surface area contributed by atoms with Gasteiger partial charge in [0.2, 0.25) is 0 Å². The lowest BCUT2D eigenvalue weighted by atomic mass is 9.96. The van der Waals surface area contributed by atoms with E-state index in [1.807, 2.05) is 0 Å². The predicted octanol–water partition coefficient (Wildman–Crippen LogP) is 3.35. The molecule has 0 rings (SSSR count). The largest absolute Gasteiger partial charge is 0.303 e. The van der Waals surface area contributed by atoms with Crippen molar-refractivity contribution in [2.24, 2.45) is 5.92 Å². The monoisotopic (exact) mass is 168 g/mol. The van der Waals surface area contributed by atoms with Crippen molar-refractivity contribution in [1.82, 2.24) is 0 Å². The summed E-state index contributed by atoms with van der Waals surface area (Å²) in [4.78, 5) is 10.2. The van der Waals surface area contributed by atoms with Gasteiger partial charge in [0.25, 0.3) is 0 Å². The van der Waals surface area contributed by atoms with E-state index >= 15 is 0 Å². The van der Waals surface area contributed by atoms with Gasteiger partial charge < -0.3 is 4.79 Å². The standard InChI is InChI=1S/C11H20O/c1-5-10(3)11(4)8-9(2)6-7-12/h7,9H,5-6,8H2,1-4H3. The maximum absolute atomic E-state index is 10.2. The lowest BCUT2D eigenvalue weighted by Gasteiger charge is -2.10. The Morgan fingerprint density at radius 2 is 1.92 bits per heavy atom. The summed E-state index contributed by atoms with van der Waals surface area (Å²) in [6.45, 7) is 8.63. The second-order valence-electron chi connectivity index (χ2n) is 3.63. The smallest absolute Gasteiger partial charge is 0.120 e. The minimum absolute atomic E-state index is 0.504. The summed E-state index contributed by atoms with van der Waals surface area (Å²) in [5.74, 6) is 0.504. The first-order chi connectivity index (χ1) is 5.61. The number of allylic oxidation sites excluding steroid dienone is 2. The van der Waals surface area contributed by atoms with Gasteiger partial charge in [0.1, 0.15) is 6.29 Å². The van der Waals surface area contributed by atoms with Gasteiger partial charge in [-0.15, -0.1) is 0 Å². The lowest BCUT2D eigenvalue weighted by molar-refractivity contribution is -0.108. The van der Waals surface area contributed by atoms with E-state index in [9.17, 15) is 4.79 Å². The van der Waals surface area contributed by atoms with Gasteiger partial charge >= 0.3 is 0 Å². The van der Waals surface area contributed by atoms with Crippen LogP contribution in [0.2, 0.25) is 0 Å². The number of carbonyl (C=O) groups excluding carboxylic acids is 1. The Labute approximate surface area is 75.9 Å². The highest BCUT2D eigenvalue weighted by Crippen LogP contribution is 2.17. The molecular weight excluding hydrogens is 148 g/mol. The van der Waals surface area contributed by atoms with Gasteiger partial charge in [0.15, 0.2) is 0 Å². The minimum Gasteiger partial charge on any atom is -0.303 e. The highest BCUT2D eigenvalue weighted by atomic mass is 16.1. The van der Waals surface area contributed by atoms with Crippen molar-refractivity contribution in [3.8, 4) is 0 Å². The zero-order valence-electron chi connectivity index (χ0n) is 8.68. The van der Waals surface area contributed by atoms with E-state index < -0.39 is 0 Å². The number of hydrogen-bond acceptors (Lipinski definition) is 1. The summed E-state index contributed by atoms with van der Waals surface area (Å²) in [7, 11) is 0. The Bertz CT molecular complexity index is 168. The van der Waals surface area contributed by atoms with Crippen LogP contribution in [0.25, 0.3) is 0 Å². The van der Waals surface area contributed by atoms with E-state index in [-0.39, 0.29) is 0 Å². The average Bonchev–Trinajstić information content (AvgIpc) is 2.03. The van der Waals surface area contributed by atoms with Crippen LogP contribution < -0.4 is 0 Å². The van der Waals surface area contributed by atoms with Crippen LogP contribution in [0.4, 0.5) is 0 Å². The molecule has 0 saturated heterocycles. The molecule has 0 spiro atoms. The van der Waals surface area contributed by atoms with E-state index in [0.29, 0.717) is 12.3 Å². The van der Waals surface area contributed by atoms with Crippen molar-refractivity contribution in [3.05, 3.63) is 11.1 Å². The quantitative estimate of drug-likeness (QED) is 0.454. The van der Waals surface area contributed by atoms with Crippen LogP contribution >= 0.6 is 0 Å². The third kappa shape index (κ3) is 4.32. The Hall–Kier alpha value is -0.590. The van der Waals surface area contributed by atoms with Gasteiger partial charge in [-0.25, -0.2) is 0 Å². The Morgan fingerprint density at radius 3 is 2.33 bits per heavy atom. The highest BCUT2D eigenvalue weighted by molar-refractivity contribution is 5.49. The molecule has 0 aliphatic carbocycles. The molecule has 0 aromatic heterocycles. The normalized spacial score (nSPS) is 15.3. The predicted molar refractivity (Wildman–Crippen MR) is 53.1 cm³/mol. The maximum Gasteiger partial charge on any atom is 0.120 e.